The second-order valence-corrected chi connectivity index (χ2v) is 10.6. The molecule has 0 saturated carbocycles. The highest BCUT2D eigenvalue weighted by Crippen LogP contribution is 2.35. The fourth-order valence-corrected chi connectivity index (χ4v) is 5.45. The summed E-state index contributed by atoms with van der Waals surface area (Å²) in [4.78, 5) is 4.46. The fraction of sp³-hybridized carbons (Fsp3) is 1.00. The van der Waals surface area contributed by atoms with Crippen molar-refractivity contribution in [2.45, 2.75) is 75.9 Å². The lowest BCUT2D eigenvalue weighted by Gasteiger charge is -2.45. The maximum atomic E-state index is 11.4. The van der Waals surface area contributed by atoms with Crippen LogP contribution >= 0.6 is 0 Å². The van der Waals surface area contributed by atoms with Crippen molar-refractivity contribution >= 4 is 20.8 Å². The van der Waals surface area contributed by atoms with Gasteiger partial charge in [0.1, 0.15) is 24.9 Å². The molecule has 18 nitrogen and oxygen atoms in total. The van der Waals surface area contributed by atoms with E-state index in [9.17, 15) is 32.2 Å². The number of ether oxygens (including phenoxy) is 4. The molecule has 0 spiro atoms. The van der Waals surface area contributed by atoms with Crippen molar-refractivity contribution in [3.05, 3.63) is 0 Å². The summed E-state index contributed by atoms with van der Waals surface area (Å²) >= 11 is 0. The Hall–Kier alpha value is -0.660. The largest absolute Gasteiger partial charge is 0.397 e. The molecule has 0 bridgehead atoms. The molecular weight excluding hydrogens is 568 g/mol. The summed E-state index contributed by atoms with van der Waals surface area (Å²) in [5.74, 6) is -2.24. The van der Waals surface area contributed by atoms with E-state index in [1.807, 2.05) is 0 Å². The maximum Gasteiger partial charge on any atom is 0.397 e. The van der Waals surface area contributed by atoms with Gasteiger partial charge in [0.25, 0.3) is 0 Å². The normalized spacial score (nSPS) is 36.8. The average molecular weight is 603 g/mol. The molecular formula is C18H34O18S2. The van der Waals surface area contributed by atoms with Crippen LogP contribution in [0.5, 0.6) is 0 Å². The second kappa shape index (κ2) is 14.8. The van der Waals surface area contributed by atoms with Crippen LogP contribution in [0.1, 0.15) is 26.7 Å². The third kappa shape index (κ3) is 9.47. The van der Waals surface area contributed by atoms with Crippen molar-refractivity contribution in [2.24, 2.45) is 11.8 Å². The first-order valence-electron chi connectivity index (χ1n) is 11.5. The van der Waals surface area contributed by atoms with Crippen LogP contribution in [0.15, 0.2) is 0 Å². The van der Waals surface area contributed by atoms with E-state index in [-0.39, 0.29) is 13.0 Å². The maximum absolute atomic E-state index is 11.4. The quantitative estimate of drug-likeness (QED) is 0.0674. The van der Waals surface area contributed by atoms with Crippen LogP contribution in [0.3, 0.4) is 0 Å². The van der Waals surface area contributed by atoms with Gasteiger partial charge in [-0.3, -0.25) is 9.11 Å². The Morgan fingerprint density at radius 1 is 0.789 bits per heavy atom. The van der Waals surface area contributed by atoms with Crippen LogP contribution < -0.4 is 0 Å². The SMILES string of the molecule is CCC[C@@H]1C(O)[C@H](OC[C@H]2C(COOO)O[C@H](OCC)[C@@H](OS(=O)(=O)O)C2O)OC(CO)[C@@H]1OS(=O)(=O)O. The zero-order valence-electron chi connectivity index (χ0n) is 20.4. The molecule has 20 heteroatoms. The molecule has 0 aromatic rings. The monoisotopic (exact) mass is 602 g/mol. The Morgan fingerprint density at radius 3 is 1.92 bits per heavy atom. The number of hydrogen-bond acceptors (Lipinski definition) is 16. The smallest absolute Gasteiger partial charge is 0.394 e. The van der Waals surface area contributed by atoms with E-state index in [1.54, 1.807) is 6.92 Å². The Bertz CT molecular complexity index is 914. The second-order valence-electron chi connectivity index (χ2n) is 8.49. The lowest BCUT2D eigenvalue weighted by Crippen LogP contribution is -2.60. The summed E-state index contributed by atoms with van der Waals surface area (Å²) in [7, 11) is -10.1. The van der Waals surface area contributed by atoms with Crippen molar-refractivity contribution in [3.63, 3.8) is 0 Å². The predicted octanol–water partition coefficient (Wildman–Crippen LogP) is -1.97. The lowest BCUT2D eigenvalue weighted by atomic mass is 9.85. The van der Waals surface area contributed by atoms with E-state index >= 15 is 0 Å². The highest BCUT2D eigenvalue weighted by atomic mass is 32.3. The van der Waals surface area contributed by atoms with Gasteiger partial charge in [0.15, 0.2) is 18.7 Å². The van der Waals surface area contributed by atoms with Gasteiger partial charge in [-0.1, -0.05) is 18.4 Å². The van der Waals surface area contributed by atoms with Crippen molar-refractivity contribution < 1.29 is 83.8 Å². The summed E-state index contributed by atoms with van der Waals surface area (Å²) in [6.07, 6.45) is -11.6. The van der Waals surface area contributed by atoms with E-state index in [0.717, 1.165) is 0 Å². The Balaban J connectivity index is 2.27. The van der Waals surface area contributed by atoms with Crippen LogP contribution in [0.25, 0.3) is 0 Å². The molecule has 2 heterocycles. The molecule has 226 valence electrons. The van der Waals surface area contributed by atoms with Crippen molar-refractivity contribution in [1.29, 1.82) is 0 Å². The van der Waals surface area contributed by atoms with Crippen molar-refractivity contribution in [1.82, 2.24) is 0 Å². The Kier molecular flexibility index (Phi) is 13.1. The molecule has 2 aliphatic rings. The molecule has 2 saturated heterocycles. The molecule has 2 aliphatic heterocycles. The van der Waals surface area contributed by atoms with Gasteiger partial charge in [-0.2, -0.15) is 16.8 Å². The molecule has 2 rings (SSSR count). The molecule has 4 unspecified atom stereocenters. The number of aliphatic hydroxyl groups is 3. The summed E-state index contributed by atoms with van der Waals surface area (Å²) < 4.78 is 94.7. The third-order valence-corrected chi connectivity index (χ3v) is 6.91. The van der Waals surface area contributed by atoms with Crippen LogP contribution in [0.4, 0.5) is 0 Å². The summed E-state index contributed by atoms with van der Waals surface area (Å²) in [6.45, 7) is 1.34. The highest BCUT2D eigenvalue weighted by molar-refractivity contribution is 7.81. The number of aliphatic hydroxyl groups excluding tert-OH is 3. The number of rotatable bonds is 15. The van der Waals surface area contributed by atoms with Gasteiger partial charge < -0.3 is 34.3 Å². The van der Waals surface area contributed by atoms with Crippen molar-refractivity contribution in [3.8, 4) is 0 Å². The molecule has 0 aromatic carbocycles. The van der Waals surface area contributed by atoms with Crippen LogP contribution in [-0.4, -0.2) is 122 Å². The molecule has 6 N–H and O–H groups in total. The molecule has 2 fully saturated rings. The molecule has 0 radical (unpaired) electrons. The molecule has 10 atom stereocenters. The average Bonchev–Trinajstić information content (AvgIpc) is 2.81. The fourth-order valence-electron chi connectivity index (χ4n) is 4.42. The van der Waals surface area contributed by atoms with Gasteiger partial charge in [0.05, 0.1) is 25.4 Å². The van der Waals surface area contributed by atoms with Crippen LogP contribution in [0.2, 0.25) is 0 Å². The van der Waals surface area contributed by atoms with Crippen molar-refractivity contribution in [2.75, 3.05) is 26.4 Å². The van der Waals surface area contributed by atoms with E-state index in [4.69, 9.17) is 33.3 Å². The predicted molar refractivity (Wildman–Crippen MR) is 118 cm³/mol. The topological polar surface area (TPSA) is 263 Å². The van der Waals surface area contributed by atoms with Gasteiger partial charge in [-0.15, -0.1) is 0 Å². The zero-order chi connectivity index (χ0) is 28.7. The molecule has 0 aliphatic carbocycles. The van der Waals surface area contributed by atoms with Gasteiger partial charge in [0, 0.05) is 18.4 Å². The van der Waals surface area contributed by atoms with Crippen LogP contribution in [-0.2, 0) is 58.0 Å². The minimum Gasteiger partial charge on any atom is -0.394 e. The first-order chi connectivity index (χ1) is 17.8. The summed E-state index contributed by atoms with van der Waals surface area (Å²) in [6, 6.07) is 0. The summed E-state index contributed by atoms with van der Waals surface area (Å²) in [5.41, 5.74) is 0. The van der Waals surface area contributed by atoms with Gasteiger partial charge in [0.2, 0.25) is 0 Å². The third-order valence-electron chi connectivity index (χ3n) is 5.98. The first-order valence-corrected chi connectivity index (χ1v) is 14.2. The van der Waals surface area contributed by atoms with E-state index in [1.165, 1.54) is 6.92 Å². The highest BCUT2D eigenvalue weighted by Gasteiger charge is 2.51. The minimum atomic E-state index is -5.09. The first kappa shape index (κ1) is 33.5. The Labute approximate surface area is 219 Å². The zero-order valence-corrected chi connectivity index (χ0v) is 22.0. The summed E-state index contributed by atoms with van der Waals surface area (Å²) in [5, 5.41) is 43.6. The van der Waals surface area contributed by atoms with Crippen LogP contribution in [0, 0.1) is 11.8 Å². The van der Waals surface area contributed by atoms with E-state index in [2.05, 4.69) is 18.3 Å². The van der Waals surface area contributed by atoms with E-state index in [0.29, 0.717) is 6.42 Å². The molecule has 38 heavy (non-hydrogen) atoms. The van der Waals surface area contributed by atoms with Gasteiger partial charge >= 0.3 is 20.8 Å². The lowest BCUT2D eigenvalue weighted by molar-refractivity contribution is -0.498. The standard InChI is InChI=1S/C18H34O18S2/c1-3-5-9-14(21)17(32-11(6-19)15(9)34-37(23,24)25)30-7-10-12(8-31-36-22)33-18(29-4-2)16(13(10)20)35-38(26,27)28/h9-22H,3-8H2,1-2H3,(H,23,24,25)(H,26,27,28)/t9-,10+,11?,12?,13?,14?,15-,16+,17-,18+/m1/s1. The van der Waals surface area contributed by atoms with Gasteiger partial charge in [-0.05, 0) is 13.3 Å². The van der Waals surface area contributed by atoms with Gasteiger partial charge in [-0.25, -0.2) is 18.5 Å². The molecule has 0 amide bonds. The number of hydrogen-bond donors (Lipinski definition) is 6. The Morgan fingerprint density at radius 2 is 1.39 bits per heavy atom. The van der Waals surface area contributed by atoms with E-state index < -0.39 is 102 Å². The molecule has 0 aromatic heterocycles. The minimum absolute atomic E-state index is 0.0236.